The number of hydrogen-bond donors (Lipinski definition) is 0. The number of carbonyl (C=O) groups excluding carboxylic acids is 1. The first-order chi connectivity index (χ1) is 12.1. The van der Waals surface area contributed by atoms with Crippen molar-refractivity contribution in [1.82, 2.24) is 5.16 Å². The highest BCUT2D eigenvalue weighted by Gasteiger charge is 2.15. The number of hydrogen-bond acceptors (Lipinski definition) is 5. The number of aromatic nitrogens is 1. The third kappa shape index (κ3) is 4.48. The predicted octanol–water partition coefficient (Wildman–Crippen LogP) is 4.68. The van der Waals surface area contributed by atoms with Gasteiger partial charge in [-0.2, -0.15) is 0 Å². The number of ether oxygens (including phenoxy) is 2. The lowest BCUT2D eigenvalue weighted by molar-refractivity contribution is 0.0432. The molecule has 1 heterocycles. The van der Waals surface area contributed by atoms with Crippen LogP contribution in [0.2, 0.25) is 0 Å². The molecule has 0 aliphatic carbocycles. The van der Waals surface area contributed by atoms with E-state index in [1.54, 1.807) is 31.2 Å². The van der Waals surface area contributed by atoms with Gasteiger partial charge in [0.25, 0.3) is 0 Å². The number of rotatable bonds is 6. The van der Waals surface area contributed by atoms with E-state index in [4.69, 9.17) is 14.0 Å². The molecule has 0 saturated carbocycles. The number of aryl methyl sites for hydroxylation is 1. The fraction of sp³-hybridized carbons (Fsp3) is 0.158. The van der Waals surface area contributed by atoms with Gasteiger partial charge in [0.2, 0.25) is 0 Å². The second-order valence-electron chi connectivity index (χ2n) is 5.39. The summed E-state index contributed by atoms with van der Waals surface area (Å²) in [5.41, 5.74) is 2.09. The molecule has 0 saturated heterocycles. The van der Waals surface area contributed by atoms with Crippen LogP contribution < -0.4 is 4.74 Å². The Morgan fingerprint density at radius 1 is 1.12 bits per heavy atom. The molecular formula is C19H16BrNO4. The number of carbonyl (C=O) groups is 1. The summed E-state index contributed by atoms with van der Waals surface area (Å²) in [6.07, 6.45) is 0. The van der Waals surface area contributed by atoms with Gasteiger partial charge in [-0.15, -0.1) is 0 Å². The molecule has 0 N–H and O–H groups in total. The molecule has 0 amide bonds. The topological polar surface area (TPSA) is 61.6 Å². The zero-order valence-electron chi connectivity index (χ0n) is 13.6. The Hall–Kier alpha value is -2.60. The number of benzene rings is 2. The van der Waals surface area contributed by atoms with Gasteiger partial charge in [-0.05, 0) is 25.1 Å². The van der Waals surface area contributed by atoms with Crippen LogP contribution in [0, 0.1) is 6.92 Å². The Labute approximate surface area is 153 Å². The summed E-state index contributed by atoms with van der Waals surface area (Å²) in [4.78, 5) is 12.4. The van der Waals surface area contributed by atoms with Crippen molar-refractivity contribution in [2.45, 2.75) is 20.1 Å². The van der Waals surface area contributed by atoms with Crippen LogP contribution in [0.5, 0.6) is 5.75 Å². The lowest BCUT2D eigenvalue weighted by Crippen LogP contribution is -2.08. The van der Waals surface area contributed by atoms with E-state index in [1.165, 1.54) is 0 Å². The Morgan fingerprint density at radius 3 is 2.64 bits per heavy atom. The van der Waals surface area contributed by atoms with E-state index in [2.05, 4.69) is 21.1 Å². The molecule has 0 aliphatic rings. The monoisotopic (exact) mass is 401 g/mol. The summed E-state index contributed by atoms with van der Waals surface area (Å²) in [5, 5.41) is 3.76. The highest BCUT2D eigenvalue weighted by molar-refractivity contribution is 9.10. The van der Waals surface area contributed by atoms with E-state index >= 15 is 0 Å². The van der Waals surface area contributed by atoms with E-state index in [1.807, 2.05) is 30.3 Å². The molecule has 0 fully saturated rings. The Balaban J connectivity index is 1.67. The Morgan fingerprint density at radius 2 is 1.88 bits per heavy atom. The second-order valence-corrected chi connectivity index (χ2v) is 6.24. The fourth-order valence-electron chi connectivity index (χ4n) is 2.23. The predicted molar refractivity (Wildman–Crippen MR) is 95.3 cm³/mol. The lowest BCUT2D eigenvalue weighted by atomic mass is 10.2. The number of halogens is 1. The second kappa shape index (κ2) is 7.98. The lowest BCUT2D eigenvalue weighted by Gasteiger charge is -2.11. The number of esters is 1. The molecule has 3 rings (SSSR count). The maximum Gasteiger partial charge on any atom is 0.342 e. The van der Waals surface area contributed by atoms with Crippen molar-refractivity contribution < 1.29 is 18.8 Å². The Bertz CT molecular complexity index is 875. The van der Waals surface area contributed by atoms with Crippen LogP contribution in [0.15, 0.2) is 63.6 Å². The van der Waals surface area contributed by atoms with Gasteiger partial charge >= 0.3 is 5.97 Å². The minimum atomic E-state index is -0.475. The van der Waals surface area contributed by atoms with Gasteiger partial charge in [0, 0.05) is 16.1 Å². The molecule has 0 radical (unpaired) electrons. The van der Waals surface area contributed by atoms with Crippen LogP contribution in [0.1, 0.15) is 27.4 Å². The first-order valence-corrected chi connectivity index (χ1v) is 8.47. The Kier molecular flexibility index (Phi) is 5.50. The van der Waals surface area contributed by atoms with Crippen molar-refractivity contribution in [1.29, 1.82) is 0 Å². The fourth-order valence-corrected chi connectivity index (χ4v) is 2.63. The van der Waals surface area contributed by atoms with Crippen LogP contribution in [-0.2, 0) is 18.0 Å². The van der Waals surface area contributed by atoms with Gasteiger partial charge in [-0.25, -0.2) is 4.79 Å². The highest BCUT2D eigenvalue weighted by atomic mass is 79.9. The van der Waals surface area contributed by atoms with E-state index in [0.717, 1.165) is 15.7 Å². The number of nitrogens with zero attached hydrogens (tertiary/aromatic N) is 1. The van der Waals surface area contributed by atoms with Crippen LogP contribution in [0.25, 0.3) is 0 Å². The van der Waals surface area contributed by atoms with Crippen LogP contribution in [-0.4, -0.2) is 11.1 Å². The summed E-state index contributed by atoms with van der Waals surface area (Å²) < 4.78 is 17.1. The molecule has 6 heteroatoms. The van der Waals surface area contributed by atoms with Crippen molar-refractivity contribution in [3.05, 3.63) is 81.7 Å². The minimum absolute atomic E-state index is 0.0260. The quantitative estimate of drug-likeness (QED) is 0.561. The summed E-state index contributed by atoms with van der Waals surface area (Å²) in [6, 6.07) is 16.5. The zero-order chi connectivity index (χ0) is 17.6. The van der Waals surface area contributed by atoms with E-state index in [0.29, 0.717) is 23.7 Å². The largest absolute Gasteiger partial charge is 0.488 e. The first kappa shape index (κ1) is 17.2. The normalized spacial score (nSPS) is 10.5. The van der Waals surface area contributed by atoms with Crippen LogP contribution in [0.3, 0.4) is 0 Å². The average molecular weight is 402 g/mol. The van der Waals surface area contributed by atoms with Crippen molar-refractivity contribution in [2.24, 2.45) is 0 Å². The maximum absolute atomic E-state index is 12.4. The molecular weight excluding hydrogens is 386 g/mol. The van der Waals surface area contributed by atoms with Crippen LogP contribution in [0.4, 0.5) is 0 Å². The van der Waals surface area contributed by atoms with Gasteiger partial charge in [-0.3, -0.25) is 0 Å². The van der Waals surface area contributed by atoms with Crippen molar-refractivity contribution in [3.63, 3.8) is 0 Å². The van der Waals surface area contributed by atoms with E-state index < -0.39 is 5.97 Å². The van der Waals surface area contributed by atoms with Gasteiger partial charge < -0.3 is 14.0 Å². The molecule has 25 heavy (non-hydrogen) atoms. The zero-order valence-corrected chi connectivity index (χ0v) is 15.2. The van der Waals surface area contributed by atoms with Gasteiger partial charge in [0.15, 0.2) is 12.4 Å². The maximum atomic E-state index is 12.4. The minimum Gasteiger partial charge on any atom is -0.488 e. The molecule has 0 bridgehead atoms. The van der Waals surface area contributed by atoms with Crippen molar-refractivity contribution in [2.75, 3.05) is 0 Å². The molecule has 2 aromatic carbocycles. The molecule has 3 aromatic rings. The van der Waals surface area contributed by atoms with Gasteiger partial charge in [0.1, 0.15) is 17.9 Å². The van der Waals surface area contributed by atoms with Crippen LogP contribution >= 0.6 is 15.9 Å². The smallest absolute Gasteiger partial charge is 0.342 e. The molecule has 128 valence electrons. The van der Waals surface area contributed by atoms with E-state index in [9.17, 15) is 4.79 Å². The third-order valence-electron chi connectivity index (χ3n) is 3.47. The molecule has 0 aliphatic heterocycles. The summed E-state index contributed by atoms with van der Waals surface area (Å²) in [6.45, 7) is 2.17. The summed E-state index contributed by atoms with van der Waals surface area (Å²) in [7, 11) is 0. The van der Waals surface area contributed by atoms with Gasteiger partial charge in [0.05, 0.1) is 5.69 Å². The van der Waals surface area contributed by atoms with E-state index in [-0.39, 0.29) is 6.61 Å². The average Bonchev–Trinajstić information content (AvgIpc) is 3.04. The summed E-state index contributed by atoms with van der Waals surface area (Å²) in [5.74, 6) is 0.492. The SMILES string of the molecule is Cc1cc(COC(=O)c2ccccc2OCc2ccccc2Br)on1. The molecule has 1 aromatic heterocycles. The van der Waals surface area contributed by atoms with Crippen molar-refractivity contribution >= 4 is 21.9 Å². The highest BCUT2D eigenvalue weighted by Crippen LogP contribution is 2.23. The first-order valence-electron chi connectivity index (χ1n) is 7.68. The van der Waals surface area contributed by atoms with Crippen molar-refractivity contribution in [3.8, 4) is 5.75 Å². The standard InChI is InChI=1S/C19H16BrNO4/c1-13-10-15(25-21-13)12-24-19(22)16-7-3-5-9-18(16)23-11-14-6-2-4-8-17(14)20/h2-10H,11-12H2,1H3. The molecule has 5 nitrogen and oxygen atoms in total. The number of para-hydroxylation sites is 1. The molecule has 0 atom stereocenters. The summed E-state index contributed by atoms with van der Waals surface area (Å²) >= 11 is 3.48. The van der Waals surface area contributed by atoms with Gasteiger partial charge in [-0.1, -0.05) is 51.4 Å². The molecule has 0 spiro atoms. The third-order valence-corrected chi connectivity index (χ3v) is 4.24. The molecule has 0 unspecified atom stereocenters.